The molecule has 0 spiro atoms. The van der Waals surface area contributed by atoms with Crippen molar-refractivity contribution in [1.82, 2.24) is 9.80 Å². The number of amides is 4. The van der Waals surface area contributed by atoms with Crippen molar-refractivity contribution in [2.45, 2.75) is 26.5 Å². The summed E-state index contributed by atoms with van der Waals surface area (Å²) in [5, 5.41) is 0. The van der Waals surface area contributed by atoms with Crippen molar-refractivity contribution in [3.05, 3.63) is 42.5 Å². The lowest BCUT2D eigenvalue weighted by Crippen LogP contribution is -2.33. The number of nitrogens with zero attached hydrogens (tertiary/aromatic N) is 2. The van der Waals surface area contributed by atoms with Crippen molar-refractivity contribution in [3.8, 4) is 5.75 Å². The minimum Gasteiger partial charge on any atom is -0.491 e. The van der Waals surface area contributed by atoms with Gasteiger partial charge < -0.3 is 4.74 Å². The summed E-state index contributed by atoms with van der Waals surface area (Å²) in [5.74, 6) is -0.984. The van der Waals surface area contributed by atoms with E-state index in [9.17, 15) is 14.4 Å². The van der Waals surface area contributed by atoms with Gasteiger partial charge in [-0.1, -0.05) is 18.2 Å². The van der Waals surface area contributed by atoms with Crippen LogP contribution in [0.5, 0.6) is 5.75 Å². The molecule has 4 amide bonds. The van der Waals surface area contributed by atoms with Gasteiger partial charge in [0.2, 0.25) is 0 Å². The number of carbonyl (C=O) groups excluding carboxylic acids is 3. The molecule has 1 saturated heterocycles. The lowest BCUT2D eigenvalue weighted by molar-refractivity contribution is -0.143. The molecule has 0 atom stereocenters. The second-order valence-electron chi connectivity index (χ2n) is 5.19. The summed E-state index contributed by atoms with van der Waals surface area (Å²) in [5.41, 5.74) is 0.716. The highest BCUT2D eigenvalue weighted by atomic mass is 16.5. The van der Waals surface area contributed by atoms with Crippen molar-refractivity contribution in [2.24, 2.45) is 0 Å². The molecule has 1 aliphatic heterocycles. The first-order valence-corrected chi connectivity index (χ1v) is 6.98. The maximum absolute atomic E-state index is 12.1. The average Bonchev–Trinajstić information content (AvgIpc) is 2.65. The van der Waals surface area contributed by atoms with Crippen molar-refractivity contribution < 1.29 is 19.1 Å². The molecule has 2 rings (SSSR count). The first kappa shape index (κ1) is 15.8. The third-order valence-electron chi connectivity index (χ3n) is 3.06. The molecule has 1 aliphatic rings. The van der Waals surface area contributed by atoms with Gasteiger partial charge in [0.05, 0.1) is 12.6 Å². The number of rotatable bonds is 6. The molecule has 0 aliphatic carbocycles. The quantitative estimate of drug-likeness (QED) is 0.457. The van der Waals surface area contributed by atoms with Gasteiger partial charge in [0.25, 0.3) is 0 Å². The van der Waals surface area contributed by atoms with E-state index in [-0.39, 0.29) is 19.2 Å². The smallest absolute Gasteiger partial charge is 0.334 e. The Morgan fingerprint density at radius 2 is 1.86 bits per heavy atom. The van der Waals surface area contributed by atoms with Gasteiger partial charge >= 0.3 is 17.8 Å². The molecule has 22 heavy (non-hydrogen) atoms. The Balaban J connectivity index is 2.16. The van der Waals surface area contributed by atoms with E-state index in [0.717, 1.165) is 9.80 Å². The van der Waals surface area contributed by atoms with Crippen LogP contribution in [0.25, 0.3) is 0 Å². The summed E-state index contributed by atoms with van der Waals surface area (Å²) in [6.07, 6.45) is 1.43. The third-order valence-corrected chi connectivity index (χ3v) is 3.06. The minimum absolute atomic E-state index is 0.0231. The predicted molar refractivity (Wildman–Crippen MR) is 80.1 cm³/mol. The Morgan fingerprint density at radius 3 is 2.50 bits per heavy atom. The van der Waals surface area contributed by atoms with Crippen LogP contribution in [0.15, 0.2) is 36.9 Å². The largest absolute Gasteiger partial charge is 0.491 e. The van der Waals surface area contributed by atoms with Gasteiger partial charge in [-0.05, 0) is 31.5 Å². The summed E-state index contributed by atoms with van der Waals surface area (Å²) in [6.45, 7) is 7.35. The minimum atomic E-state index is -0.820. The number of imide groups is 2. The van der Waals surface area contributed by atoms with Crippen LogP contribution in [-0.2, 0) is 16.1 Å². The standard InChI is InChI=1S/C16H18N2O4/c1-4-8-17-14(19)15(20)18(16(17)21)10-12-6-5-7-13(9-12)22-11(2)3/h4-7,9,11H,1,8,10H2,2-3H3. The van der Waals surface area contributed by atoms with Gasteiger partial charge in [-0.3, -0.25) is 19.4 Å². The Kier molecular flexibility index (Phi) is 4.60. The molecule has 1 fully saturated rings. The molecule has 1 aromatic carbocycles. The number of ether oxygens (including phenoxy) is 1. The highest BCUT2D eigenvalue weighted by Gasteiger charge is 2.43. The number of urea groups is 1. The lowest BCUT2D eigenvalue weighted by atomic mass is 10.2. The van der Waals surface area contributed by atoms with Crippen molar-refractivity contribution >= 4 is 17.8 Å². The highest BCUT2D eigenvalue weighted by Crippen LogP contribution is 2.19. The summed E-state index contributed by atoms with van der Waals surface area (Å²) < 4.78 is 5.57. The number of carbonyl (C=O) groups is 3. The van der Waals surface area contributed by atoms with Crippen LogP contribution in [0.1, 0.15) is 19.4 Å². The Hall–Kier alpha value is -2.63. The summed E-state index contributed by atoms with van der Waals surface area (Å²) in [4.78, 5) is 37.6. The van der Waals surface area contributed by atoms with E-state index in [4.69, 9.17) is 4.74 Å². The molecule has 116 valence electrons. The van der Waals surface area contributed by atoms with Crippen LogP contribution in [0.2, 0.25) is 0 Å². The van der Waals surface area contributed by atoms with Crippen LogP contribution in [0.3, 0.4) is 0 Å². The van der Waals surface area contributed by atoms with E-state index in [0.29, 0.717) is 11.3 Å². The Bertz CT molecular complexity index is 624. The molecule has 0 aromatic heterocycles. The molecule has 1 aromatic rings. The molecule has 6 heteroatoms. The second kappa shape index (κ2) is 6.43. The number of hydrogen-bond acceptors (Lipinski definition) is 4. The van der Waals surface area contributed by atoms with Crippen molar-refractivity contribution in [2.75, 3.05) is 6.54 Å². The maximum atomic E-state index is 12.1. The van der Waals surface area contributed by atoms with Crippen LogP contribution in [0, 0.1) is 0 Å². The van der Waals surface area contributed by atoms with E-state index in [1.165, 1.54) is 6.08 Å². The van der Waals surface area contributed by atoms with Gasteiger partial charge in [0.15, 0.2) is 0 Å². The fraction of sp³-hybridized carbons (Fsp3) is 0.312. The molecule has 0 saturated carbocycles. The van der Waals surface area contributed by atoms with Gasteiger partial charge in [0, 0.05) is 6.54 Å². The van der Waals surface area contributed by atoms with Crippen LogP contribution < -0.4 is 4.74 Å². The first-order chi connectivity index (χ1) is 10.4. The lowest BCUT2D eigenvalue weighted by Gasteiger charge is -2.15. The molecule has 0 bridgehead atoms. The van der Waals surface area contributed by atoms with Crippen LogP contribution in [0.4, 0.5) is 4.79 Å². The predicted octanol–water partition coefficient (Wildman–Crippen LogP) is 1.95. The SMILES string of the molecule is C=CCN1C(=O)C(=O)N(Cc2cccc(OC(C)C)c2)C1=O. The fourth-order valence-electron chi connectivity index (χ4n) is 2.15. The Labute approximate surface area is 129 Å². The molecule has 1 heterocycles. The van der Waals surface area contributed by atoms with Gasteiger partial charge in [-0.2, -0.15) is 0 Å². The van der Waals surface area contributed by atoms with Crippen LogP contribution in [-0.4, -0.2) is 40.3 Å². The van der Waals surface area contributed by atoms with E-state index in [1.54, 1.807) is 24.3 Å². The summed E-state index contributed by atoms with van der Waals surface area (Å²) in [7, 11) is 0. The van der Waals surface area contributed by atoms with Crippen LogP contribution >= 0.6 is 0 Å². The van der Waals surface area contributed by atoms with E-state index in [1.807, 2.05) is 13.8 Å². The number of benzene rings is 1. The third kappa shape index (κ3) is 3.16. The van der Waals surface area contributed by atoms with E-state index in [2.05, 4.69) is 6.58 Å². The molecule has 0 unspecified atom stereocenters. The molecule has 0 radical (unpaired) electrons. The van der Waals surface area contributed by atoms with E-state index < -0.39 is 17.8 Å². The summed E-state index contributed by atoms with van der Waals surface area (Å²) >= 11 is 0. The molecular weight excluding hydrogens is 284 g/mol. The normalized spacial score (nSPS) is 15.0. The van der Waals surface area contributed by atoms with Crippen molar-refractivity contribution in [1.29, 1.82) is 0 Å². The van der Waals surface area contributed by atoms with Crippen molar-refractivity contribution in [3.63, 3.8) is 0 Å². The second-order valence-corrected chi connectivity index (χ2v) is 5.19. The van der Waals surface area contributed by atoms with Gasteiger partial charge in [-0.25, -0.2) is 4.79 Å². The highest BCUT2D eigenvalue weighted by molar-refractivity contribution is 6.44. The number of hydrogen-bond donors (Lipinski definition) is 0. The maximum Gasteiger partial charge on any atom is 0.334 e. The monoisotopic (exact) mass is 302 g/mol. The summed E-state index contributed by atoms with van der Waals surface area (Å²) in [6, 6.07) is 6.48. The molecular formula is C16H18N2O4. The Morgan fingerprint density at radius 1 is 1.18 bits per heavy atom. The topological polar surface area (TPSA) is 66.9 Å². The van der Waals surface area contributed by atoms with E-state index >= 15 is 0 Å². The first-order valence-electron chi connectivity index (χ1n) is 6.98. The zero-order chi connectivity index (χ0) is 16.3. The fourth-order valence-corrected chi connectivity index (χ4v) is 2.15. The average molecular weight is 302 g/mol. The van der Waals surface area contributed by atoms with Gasteiger partial charge in [-0.15, -0.1) is 6.58 Å². The molecule has 6 nitrogen and oxygen atoms in total. The zero-order valence-corrected chi connectivity index (χ0v) is 12.6. The molecule has 0 N–H and O–H groups in total. The van der Waals surface area contributed by atoms with Gasteiger partial charge in [0.1, 0.15) is 5.75 Å². The zero-order valence-electron chi connectivity index (χ0n) is 12.6.